The third kappa shape index (κ3) is 2.36. The van der Waals surface area contributed by atoms with Gasteiger partial charge >= 0.3 is 0 Å². The van der Waals surface area contributed by atoms with Crippen LogP contribution in [0.5, 0.6) is 0 Å². The molecule has 0 bridgehead atoms. The Labute approximate surface area is 97.5 Å². The smallest absolute Gasteiger partial charge is 0.224 e. The minimum Gasteiger partial charge on any atom is -0.357 e. The summed E-state index contributed by atoms with van der Waals surface area (Å²) in [5.41, 5.74) is 0. The zero-order valence-electron chi connectivity index (χ0n) is 10.4. The van der Waals surface area contributed by atoms with E-state index in [0.29, 0.717) is 5.92 Å². The second kappa shape index (κ2) is 5.32. The summed E-state index contributed by atoms with van der Waals surface area (Å²) in [6.45, 7) is 0. The van der Waals surface area contributed by atoms with Crippen LogP contribution < -0.4 is 5.32 Å². The van der Waals surface area contributed by atoms with Gasteiger partial charge in [-0.3, -0.25) is 0 Å². The number of rotatable bonds is 2. The molecule has 0 unspecified atom stereocenters. The average molecular weight is 222 g/mol. The molecule has 0 atom stereocenters. The summed E-state index contributed by atoms with van der Waals surface area (Å²) >= 11 is 0. The molecular formula is C12H22N4. The van der Waals surface area contributed by atoms with Crippen molar-refractivity contribution in [1.82, 2.24) is 14.8 Å². The normalized spacial score (nSPS) is 19.1. The van der Waals surface area contributed by atoms with E-state index in [4.69, 9.17) is 0 Å². The molecule has 0 aliphatic heterocycles. The molecule has 0 amide bonds. The average Bonchev–Trinajstić information content (AvgIpc) is 2.60. The highest BCUT2D eigenvalue weighted by Gasteiger charge is 2.19. The Bertz CT molecular complexity index is 324. The van der Waals surface area contributed by atoms with Crippen molar-refractivity contribution in [3.8, 4) is 0 Å². The van der Waals surface area contributed by atoms with Crippen molar-refractivity contribution in [1.29, 1.82) is 0 Å². The molecule has 0 aromatic carbocycles. The molecular weight excluding hydrogens is 200 g/mol. The number of aromatic nitrogens is 3. The van der Waals surface area contributed by atoms with Crippen LogP contribution in [0.2, 0.25) is 0 Å². The Morgan fingerprint density at radius 1 is 1.06 bits per heavy atom. The van der Waals surface area contributed by atoms with E-state index in [-0.39, 0.29) is 0 Å². The zero-order chi connectivity index (χ0) is 11.4. The lowest BCUT2D eigenvalue weighted by molar-refractivity contribution is 0.435. The van der Waals surface area contributed by atoms with E-state index in [1.807, 2.05) is 7.05 Å². The third-order valence-electron chi connectivity index (χ3n) is 3.60. The lowest BCUT2D eigenvalue weighted by atomic mass is 9.90. The van der Waals surface area contributed by atoms with Gasteiger partial charge in [0, 0.05) is 20.0 Å². The van der Waals surface area contributed by atoms with Crippen LogP contribution in [0.1, 0.15) is 56.7 Å². The van der Waals surface area contributed by atoms with E-state index in [1.165, 1.54) is 44.9 Å². The Morgan fingerprint density at radius 3 is 2.25 bits per heavy atom. The number of anilines is 1. The van der Waals surface area contributed by atoms with Gasteiger partial charge in [-0.25, -0.2) is 0 Å². The second-order valence-corrected chi connectivity index (χ2v) is 4.73. The molecule has 4 nitrogen and oxygen atoms in total. The van der Waals surface area contributed by atoms with Gasteiger partial charge in [0.25, 0.3) is 0 Å². The molecule has 0 spiro atoms. The number of hydrogen-bond acceptors (Lipinski definition) is 3. The molecule has 90 valence electrons. The van der Waals surface area contributed by atoms with Crippen LogP contribution >= 0.6 is 0 Å². The predicted octanol–water partition coefficient (Wildman–Crippen LogP) is 2.68. The van der Waals surface area contributed by atoms with Gasteiger partial charge in [-0.1, -0.05) is 32.1 Å². The lowest BCUT2D eigenvalue weighted by Crippen LogP contribution is -2.09. The summed E-state index contributed by atoms with van der Waals surface area (Å²) in [4.78, 5) is 0. The summed E-state index contributed by atoms with van der Waals surface area (Å²) < 4.78 is 2.10. The Balaban J connectivity index is 2.11. The Kier molecular flexibility index (Phi) is 3.80. The van der Waals surface area contributed by atoms with E-state index < -0.39 is 0 Å². The highest BCUT2D eigenvalue weighted by Crippen LogP contribution is 2.30. The predicted molar refractivity (Wildman–Crippen MR) is 65.6 cm³/mol. The summed E-state index contributed by atoms with van der Waals surface area (Å²) in [7, 11) is 3.95. The lowest BCUT2D eigenvalue weighted by Gasteiger charge is -2.18. The minimum atomic E-state index is 0.611. The van der Waals surface area contributed by atoms with E-state index >= 15 is 0 Å². The van der Waals surface area contributed by atoms with Crippen LogP contribution in [0.25, 0.3) is 0 Å². The molecule has 1 aliphatic rings. The second-order valence-electron chi connectivity index (χ2n) is 4.73. The number of nitrogens with zero attached hydrogens (tertiary/aromatic N) is 3. The maximum atomic E-state index is 4.33. The first-order valence-electron chi connectivity index (χ1n) is 6.40. The maximum Gasteiger partial charge on any atom is 0.224 e. The molecule has 1 fully saturated rings. The first-order valence-corrected chi connectivity index (χ1v) is 6.40. The van der Waals surface area contributed by atoms with Crippen molar-refractivity contribution in [2.45, 2.75) is 50.9 Å². The highest BCUT2D eigenvalue weighted by molar-refractivity contribution is 5.24. The first-order chi connectivity index (χ1) is 7.83. The molecule has 1 aromatic rings. The molecule has 1 aromatic heterocycles. The fourth-order valence-corrected chi connectivity index (χ4v) is 2.63. The number of hydrogen-bond donors (Lipinski definition) is 1. The monoisotopic (exact) mass is 222 g/mol. The van der Waals surface area contributed by atoms with Gasteiger partial charge in [0.1, 0.15) is 5.82 Å². The van der Waals surface area contributed by atoms with Crippen LogP contribution in [0.3, 0.4) is 0 Å². The van der Waals surface area contributed by atoms with Gasteiger partial charge in [0.05, 0.1) is 0 Å². The van der Waals surface area contributed by atoms with Crippen LogP contribution in [0.4, 0.5) is 5.95 Å². The van der Waals surface area contributed by atoms with Gasteiger partial charge in [-0.05, 0) is 12.8 Å². The first kappa shape index (κ1) is 11.4. The Morgan fingerprint density at radius 2 is 1.69 bits per heavy atom. The molecule has 1 heterocycles. The molecule has 1 N–H and O–H groups in total. The largest absolute Gasteiger partial charge is 0.357 e. The SMILES string of the molecule is CNc1nnc(C2CCCCCCC2)n1C. The quantitative estimate of drug-likeness (QED) is 0.836. The van der Waals surface area contributed by atoms with Crippen LogP contribution in [0.15, 0.2) is 0 Å². The van der Waals surface area contributed by atoms with E-state index in [1.54, 1.807) is 0 Å². The highest BCUT2D eigenvalue weighted by atomic mass is 15.3. The molecule has 16 heavy (non-hydrogen) atoms. The van der Waals surface area contributed by atoms with Crippen molar-refractivity contribution in [2.75, 3.05) is 12.4 Å². The third-order valence-corrected chi connectivity index (χ3v) is 3.60. The molecule has 4 heteroatoms. The summed E-state index contributed by atoms with van der Waals surface area (Å²) in [5.74, 6) is 2.64. The van der Waals surface area contributed by atoms with Crippen molar-refractivity contribution < 1.29 is 0 Å². The maximum absolute atomic E-state index is 4.33. The van der Waals surface area contributed by atoms with E-state index in [0.717, 1.165) is 11.8 Å². The zero-order valence-corrected chi connectivity index (χ0v) is 10.4. The molecule has 2 rings (SSSR count). The van der Waals surface area contributed by atoms with Crippen molar-refractivity contribution in [2.24, 2.45) is 7.05 Å². The summed E-state index contributed by atoms with van der Waals surface area (Å²) in [6, 6.07) is 0. The molecule has 0 saturated heterocycles. The number of nitrogens with one attached hydrogen (secondary N) is 1. The molecule has 1 aliphatic carbocycles. The van der Waals surface area contributed by atoms with Gasteiger partial charge < -0.3 is 9.88 Å². The fraction of sp³-hybridized carbons (Fsp3) is 0.833. The summed E-state index contributed by atoms with van der Waals surface area (Å²) in [5, 5.41) is 11.6. The van der Waals surface area contributed by atoms with Gasteiger partial charge in [0.15, 0.2) is 0 Å². The van der Waals surface area contributed by atoms with Gasteiger partial charge in [0.2, 0.25) is 5.95 Å². The fourth-order valence-electron chi connectivity index (χ4n) is 2.63. The minimum absolute atomic E-state index is 0.611. The van der Waals surface area contributed by atoms with Crippen molar-refractivity contribution >= 4 is 5.95 Å². The van der Waals surface area contributed by atoms with Gasteiger partial charge in [-0.2, -0.15) is 0 Å². The van der Waals surface area contributed by atoms with Crippen LogP contribution in [-0.2, 0) is 7.05 Å². The van der Waals surface area contributed by atoms with Crippen LogP contribution in [-0.4, -0.2) is 21.8 Å². The van der Waals surface area contributed by atoms with Crippen molar-refractivity contribution in [3.63, 3.8) is 0 Å². The molecule has 0 radical (unpaired) electrons. The van der Waals surface area contributed by atoms with Crippen molar-refractivity contribution in [3.05, 3.63) is 5.82 Å². The standard InChI is InChI=1S/C12H22N4/c1-13-12-15-14-11(16(12)2)10-8-6-4-3-5-7-9-10/h10H,3-9H2,1-2H3,(H,13,15). The van der Waals surface area contributed by atoms with Gasteiger partial charge in [-0.15, -0.1) is 10.2 Å². The topological polar surface area (TPSA) is 42.7 Å². The summed E-state index contributed by atoms with van der Waals surface area (Å²) in [6.07, 6.45) is 9.40. The van der Waals surface area contributed by atoms with Crippen LogP contribution in [0, 0.1) is 0 Å². The Hall–Kier alpha value is -1.06. The van der Waals surface area contributed by atoms with E-state index in [2.05, 4.69) is 27.1 Å². The van der Waals surface area contributed by atoms with E-state index in [9.17, 15) is 0 Å². The molecule has 1 saturated carbocycles.